The van der Waals surface area contributed by atoms with E-state index in [-0.39, 0.29) is 22.8 Å². The van der Waals surface area contributed by atoms with Crippen molar-refractivity contribution in [3.8, 4) is 0 Å². The average Bonchev–Trinajstić information content (AvgIpc) is 3.40. The molecule has 2 aromatic carbocycles. The summed E-state index contributed by atoms with van der Waals surface area (Å²) in [6, 6.07) is 16.0. The maximum Gasteiger partial charge on any atom is 0.240 e. The van der Waals surface area contributed by atoms with Gasteiger partial charge in [0.25, 0.3) is 0 Å². The van der Waals surface area contributed by atoms with Gasteiger partial charge in [0.05, 0.1) is 10.8 Å². The van der Waals surface area contributed by atoms with Gasteiger partial charge in [0, 0.05) is 11.7 Å². The molecule has 0 aromatic heterocycles. The molecule has 0 saturated heterocycles. The summed E-state index contributed by atoms with van der Waals surface area (Å²) in [6.45, 7) is 1.96. The fraction of sp³-hybridized carbons (Fsp3) is 0.316. The van der Waals surface area contributed by atoms with Crippen LogP contribution in [-0.2, 0) is 14.8 Å². The fourth-order valence-corrected chi connectivity index (χ4v) is 4.07. The highest BCUT2D eigenvalue weighted by Crippen LogP contribution is 2.25. The standard InChI is InChI=1S/C19H22N2O3S/c1-2-18(14-7-4-3-5-8-14)19(22)20-16-9-6-10-17(13-16)25(23,24)21-15-11-12-15/h3-10,13,15,18,21H,2,11-12H2,1H3,(H,20,22). The third-order valence-electron chi connectivity index (χ3n) is 4.24. The molecule has 25 heavy (non-hydrogen) atoms. The van der Waals surface area contributed by atoms with Crippen molar-refractivity contribution in [2.24, 2.45) is 0 Å². The van der Waals surface area contributed by atoms with Crippen LogP contribution in [0.5, 0.6) is 0 Å². The molecule has 1 atom stereocenters. The minimum absolute atomic E-state index is 0.0470. The summed E-state index contributed by atoms with van der Waals surface area (Å²) < 4.78 is 27.3. The Labute approximate surface area is 148 Å². The molecule has 5 nitrogen and oxygen atoms in total. The smallest absolute Gasteiger partial charge is 0.240 e. The van der Waals surface area contributed by atoms with E-state index in [0.29, 0.717) is 12.1 Å². The van der Waals surface area contributed by atoms with Crippen LogP contribution in [0.25, 0.3) is 0 Å². The molecule has 6 heteroatoms. The second-order valence-corrected chi connectivity index (χ2v) is 8.00. The van der Waals surface area contributed by atoms with E-state index in [1.165, 1.54) is 12.1 Å². The summed E-state index contributed by atoms with van der Waals surface area (Å²) in [6.07, 6.45) is 2.42. The number of hydrogen-bond acceptors (Lipinski definition) is 3. The molecule has 0 aliphatic heterocycles. The van der Waals surface area contributed by atoms with Crippen molar-refractivity contribution in [1.29, 1.82) is 0 Å². The average molecular weight is 358 g/mol. The first-order valence-electron chi connectivity index (χ1n) is 8.48. The van der Waals surface area contributed by atoms with Crippen LogP contribution in [-0.4, -0.2) is 20.4 Å². The second-order valence-electron chi connectivity index (χ2n) is 6.28. The lowest BCUT2D eigenvalue weighted by Crippen LogP contribution is -2.26. The number of sulfonamides is 1. The highest BCUT2D eigenvalue weighted by molar-refractivity contribution is 7.89. The van der Waals surface area contributed by atoms with Crippen molar-refractivity contribution < 1.29 is 13.2 Å². The van der Waals surface area contributed by atoms with Crippen molar-refractivity contribution in [3.63, 3.8) is 0 Å². The van der Waals surface area contributed by atoms with Gasteiger partial charge in [-0.05, 0) is 43.0 Å². The molecular weight excluding hydrogens is 336 g/mol. The number of hydrogen-bond donors (Lipinski definition) is 2. The van der Waals surface area contributed by atoms with E-state index < -0.39 is 10.0 Å². The van der Waals surface area contributed by atoms with Crippen molar-refractivity contribution in [1.82, 2.24) is 4.72 Å². The highest BCUT2D eigenvalue weighted by atomic mass is 32.2. The Hall–Kier alpha value is -2.18. The Morgan fingerprint density at radius 2 is 1.84 bits per heavy atom. The van der Waals surface area contributed by atoms with Crippen LogP contribution in [0.1, 0.15) is 37.7 Å². The normalized spacial score (nSPS) is 15.6. The van der Waals surface area contributed by atoms with E-state index in [2.05, 4.69) is 10.0 Å². The zero-order chi connectivity index (χ0) is 17.9. The molecule has 2 aromatic rings. The SMILES string of the molecule is CCC(C(=O)Nc1cccc(S(=O)(=O)NC2CC2)c1)c1ccccc1. The Kier molecular flexibility index (Phi) is 5.20. The minimum atomic E-state index is -3.53. The highest BCUT2D eigenvalue weighted by Gasteiger charge is 2.28. The fourth-order valence-electron chi connectivity index (χ4n) is 2.72. The van der Waals surface area contributed by atoms with E-state index in [1.54, 1.807) is 12.1 Å². The molecule has 0 radical (unpaired) electrons. The number of carbonyl (C=O) groups is 1. The summed E-state index contributed by atoms with van der Waals surface area (Å²) >= 11 is 0. The molecule has 0 heterocycles. The van der Waals surface area contributed by atoms with Crippen molar-refractivity contribution in [2.75, 3.05) is 5.32 Å². The molecular formula is C19H22N2O3S. The van der Waals surface area contributed by atoms with Crippen LogP contribution in [0.2, 0.25) is 0 Å². The zero-order valence-corrected chi connectivity index (χ0v) is 14.9. The van der Waals surface area contributed by atoms with Gasteiger partial charge >= 0.3 is 0 Å². The minimum Gasteiger partial charge on any atom is -0.326 e. The number of rotatable bonds is 7. The van der Waals surface area contributed by atoms with Gasteiger partial charge in [-0.2, -0.15) is 0 Å². The molecule has 1 aliphatic carbocycles. The number of carbonyl (C=O) groups excluding carboxylic acids is 1. The summed E-state index contributed by atoms with van der Waals surface area (Å²) in [5, 5.41) is 2.84. The number of nitrogens with one attached hydrogen (secondary N) is 2. The molecule has 132 valence electrons. The Morgan fingerprint density at radius 1 is 1.12 bits per heavy atom. The number of anilines is 1. The molecule has 1 fully saturated rings. The maximum absolute atomic E-state index is 12.6. The Morgan fingerprint density at radius 3 is 2.48 bits per heavy atom. The number of benzene rings is 2. The maximum atomic E-state index is 12.6. The first-order valence-corrected chi connectivity index (χ1v) is 9.96. The van der Waals surface area contributed by atoms with Gasteiger partial charge in [-0.15, -0.1) is 0 Å². The molecule has 0 spiro atoms. The van der Waals surface area contributed by atoms with Crippen LogP contribution >= 0.6 is 0 Å². The topological polar surface area (TPSA) is 75.3 Å². The van der Waals surface area contributed by atoms with E-state index in [4.69, 9.17) is 0 Å². The lowest BCUT2D eigenvalue weighted by atomic mass is 9.95. The van der Waals surface area contributed by atoms with Crippen molar-refractivity contribution in [3.05, 3.63) is 60.2 Å². The van der Waals surface area contributed by atoms with Gasteiger partial charge in [-0.25, -0.2) is 13.1 Å². The quantitative estimate of drug-likeness (QED) is 0.798. The van der Waals surface area contributed by atoms with E-state index in [9.17, 15) is 13.2 Å². The first-order chi connectivity index (χ1) is 12.0. The summed E-state index contributed by atoms with van der Waals surface area (Å²) in [7, 11) is -3.53. The summed E-state index contributed by atoms with van der Waals surface area (Å²) in [5.41, 5.74) is 1.43. The van der Waals surface area contributed by atoms with Crippen LogP contribution in [0, 0.1) is 0 Å². The Bertz CT molecular complexity index is 846. The van der Waals surface area contributed by atoms with E-state index >= 15 is 0 Å². The Balaban J connectivity index is 1.76. The molecule has 2 N–H and O–H groups in total. The largest absolute Gasteiger partial charge is 0.326 e. The van der Waals surface area contributed by atoms with Crippen LogP contribution in [0.4, 0.5) is 5.69 Å². The van der Waals surface area contributed by atoms with Crippen molar-refractivity contribution in [2.45, 2.75) is 43.0 Å². The molecule has 1 aliphatic rings. The van der Waals surface area contributed by atoms with Crippen LogP contribution in [0.15, 0.2) is 59.5 Å². The molecule has 1 unspecified atom stereocenters. The lowest BCUT2D eigenvalue weighted by molar-refractivity contribution is -0.117. The predicted molar refractivity (Wildman–Crippen MR) is 97.9 cm³/mol. The lowest BCUT2D eigenvalue weighted by Gasteiger charge is -2.16. The monoisotopic (exact) mass is 358 g/mol. The molecule has 1 saturated carbocycles. The number of amides is 1. The summed E-state index contributed by atoms with van der Waals surface area (Å²) in [4.78, 5) is 12.8. The summed E-state index contributed by atoms with van der Waals surface area (Å²) in [5.74, 6) is -0.413. The second kappa shape index (κ2) is 7.37. The van der Waals surface area contributed by atoms with E-state index in [1.807, 2.05) is 37.3 Å². The van der Waals surface area contributed by atoms with Gasteiger partial charge in [0.2, 0.25) is 15.9 Å². The zero-order valence-electron chi connectivity index (χ0n) is 14.1. The molecule has 0 bridgehead atoms. The third-order valence-corrected chi connectivity index (χ3v) is 5.76. The van der Waals surface area contributed by atoms with Gasteiger partial charge in [-0.1, -0.05) is 43.3 Å². The molecule has 1 amide bonds. The van der Waals surface area contributed by atoms with Crippen LogP contribution in [0.3, 0.4) is 0 Å². The third kappa shape index (κ3) is 4.46. The molecule has 3 rings (SSSR count). The van der Waals surface area contributed by atoms with Gasteiger partial charge < -0.3 is 5.32 Å². The van der Waals surface area contributed by atoms with E-state index in [0.717, 1.165) is 18.4 Å². The predicted octanol–water partition coefficient (Wildman–Crippen LogP) is 3.26. The van der Waals surface area contributed by atoms with Crippen molar-refractivity contribution >= 4 is 21.6 Å². The van der Waals surface area contributed by atoms with Gasteiger partial charge in [-0.3, -0.25) is 4.79 Å². The van der Waals surface area contributed by atoms with Crippen LogP contribution < -0.4 is 10.0 Å². The van der Waals surface area contributed by atoms with Gasteiger partial charge in [0.1, 0.15) is 0 Å². The first kappa shape index (κ1) is 17.6. The van der Waals surface area contributed by atoms with Gasteiger partial charge in [0.15, 0.2) is 0 Å².